The molecule has 1 fully saturated rings. The molecule has 0 aromatic carbocycles. The molecule has 1 saturated carbocycles. The van der Waals surface area contributed by atoms with Crippen LogP contribution in [0.3, 0.4) is 0 Å². The predicted molar refractivity (Wildman–Crippen MR) is 52.8 cm³/mol. The Morgan fingerprint density at radius 1 is 1.31 bits per heavy atom. The standard InChI is InChI=1S/C10H20N3/c1-13(2,8-7-11)10-5-3-9(12)4-6-10/h9-10H,3-6,8,12H2,1-2H3/q+1. The van der Waals surface area contributed by atoms with Crippen molar-refractivity contribution < 1.29 is 4.48 Å². The molecular weight excluding hydrogens is 162 g/mol. The smallest absolute Gasteiger partial charge is 0.166 e. The molecule has 0 atom stereocenters. The van der Waals surface area contributed by atoms with Crippen molar-refractivity contribution in [1.82, 2.24) is 0 Å². The Kier molecular flexibility index (Phi) is 3.29. The second kappa shape index (κ2) is 4.08. The Bertz CT molecular complexity index is 197. The summed E-state index contributed by atoms with van der Waals surface area (Å²) in [5.74, 6) is 0. The molecule has 2 N–H and O–H groups in total. The lowest BCUT2D eigenvalue weighted by Gasteiger charge is -2.39. The first-order valence-electron chi connectivity index (χ1n) is 5.01. The topological polar surface area (TPSA) is 49.8 Å². The number of nitriles is 1. The molecule has 0 aromatic heterocycles. The first-order chi connectivity index (χ1) is 6.06. The van der Waals surface area contributed by atoms with E-state index in [1.807, 2.05) is 0 Å². The lowest BCUT2D eigenvalue weighted by Crippen LogP contribution is -2.51. The van der Waals surface area contributed by atoms with Crippen molar-refractivity contribution in [3.05, 3.63) is 0 Å². The minimum Gasteiger partial charge on any atom is -0.328 e. The van der Waals surface area contributed by atoms with Crippen LogP contribution in [0.25, 0.3) is 0 Å². The summed E-state index contributed by atoms with van der Waals surface area (Å²) in [4.78, 5) is 0. The predicted octanol–water partition coefficient (Wildman–Crippen LogP) is 0.856. The second-order valence-corrected chi connectivity index (χ2v) is 4.66. The SMILES string of the molecule is C[N+](C)(CC#N)C1CCC(N)CC1. The highest BCUT2D eigenvalue weighted by Gasteiger charge is 2.31. The number of hydrogen-bond acceptors (Lipinski definition) is 2. The first kappa shape index (κ1) is 10.5. The molecular formula is C10H20N3+. The molecule has 0 aromatic rings. The fourth-order valence-electron chi connectivity index (χ4n) is 2.11. The van der Waals surface area contributed by atoms with E-state index < -0.39 is 0 Å². The van der Waals surface area contributed by atoms with Crippen molar-refractivity contribution in [2.45, 2.75) is 37.8 Å². The van der Waals surface area contributed by atoms with Crippen LogP contribution >= 0.6 is 0 Å². The first-order valence-corrected chi connectivity index (χ1v) is 5.01. The molecule has 3 heteroatoms. The van der Waals surface area contributed by atoms with Gasteiger partial charge in [0, 0.05) is 18.9 Å². The molecule has 13 heavy (non-hydrogen) atoms. The van der Waals surface area contributed by atoms with E-state index in [4.69, 9.17) is 11.0 Å². The summed E-state index contributed by atoms with van der Waals surface area (Å²) in [5.41, 5.74) is 5.84. The maximum absolute atomic E-state index is 8.69. The third-order valence-electron chi connectivity index (χ3n) is 3.21. The summed E-state index contributed by atoms with van der Waals surface area (Å²) in [6, 6.07) is 3.30. The van der Waals surface area contributed by atoms with Gasteiger partial charge in [-0.1, -0.05) is 0 Å². The monoisotopic (exact) mass is 182 g/mol. The molecule has 0 bridgehead atoms. The van der Waals surface area contributed by atoms with Gasteiger partial charge in [0.05, 0.1) is 20.1 Å². The van der Waals surface area contributed by atoms with E-state index in [1.54, 1.807) is 0 Å². The summed E-state index contributed by atoms with van der Waals surface area (Å²) >= 11 is 0. The van der Waals surface area contributed by atoms with Gasteiger partial charge in [-0.25, -0.2) is 0 Å². The number of hydrogen-bond donors (Lipinski definition) is 1. The van der Waals surface area contributed by atoms with E-state index in [0.29, 0.717) is 18.6 Å². The average molecular weight is 182 g/mol. The third-order valence-corrected chi connectivity index (χ3v) is 3.21. The summed E-state index contributed by atoms with van der Waals surface area (Å²) < 4.78 is 0.837. The fourth-order valence-corrected chi connectivity index (χ4v) is 2.11. The molecule has 0 unspecified atom stereocenters. The van der Waals surface area contributed by atoms with E-state index >= 15 is 0 Å². The molecule has 1 rings (SSSR count). The van der Waals surface area contributed by atoms with Crippen LogP contribution in [0.2, 0.25) is 0 Å². The zero-order valence-corrected chi connectivity index (χ0v) is 8.66. The molecule has 0 amide bonds. The van der Waals surface area contributed by atoms with Crippen LogP contribution in [0, 0.1) is 11.3 Å². The maximum atomic E-state index is 8.69. The van der Waals surface area contributed by atoms with Crippen molar-refractivity contribution in [3.8, 4) is 6.07 Å². The van der Waals surface area contributed by atoms with E-state index in [-0.39, 0.29) is 0 Å². The zero-order valence-electron chi connectivity index (χ0n) is 8.66. The van der Waals surface area contributed by atoms with Crippen molar-refractivity contribution >= 4 is 0 Å². The van der Waals surface area contributed by atoms with Crippen molar-refractivity contribution in [1.29, 1.82) is 5.26 Å². The van der Waals surface area contributed by atoms with Gasteiger partial charge >= 0.3 is 0 Å². The molecule has 1 aliphatic carbocycles. The van der Waals surface area contributed by atoms with Gasteiger partial charge in [0.25, 0.3) is 0 Å². The Balaban J connectivity index is 2.48. The molecule has 0 saturated heterocycles. The maximum Gasteiger partial charge on any atom is 0.166 e. The molecule has 0 spiro atoms. The number of quaternary nitrogens is 1. The number of nitrogens with two attached hydrogens (primary N) is 1. The lowest BCUT2D eigenvalue weighted by molar-refractivity contribution is -0.909. The van der Waals surface area contributed by atoms with Gasteiger partial charge < -0.3 is 10.2 Å². The summed E-state index contributed by atoms with van der Waals surface area (Å²) in [6.07, 6.45) is 4.60. The van der Waals surface area contributed by atoms with Gasteiger partial charge in [-0.15, -0.1) is 0 Å². The van der Waals surface area contributed by atoms with Crippen LogP contribution in [-0.2, 0) is 0 Å². The van der Waals surface area contributed by atoms with Crippen LogP contribution in [0.1, 0.15) is 25.7 Å². The van der Waals surface area contributed by atoms with Crippen LogP contribution in [0.5, 0.6) is 0 Å². The molecule has 0 radical (unpaired) electrons. The highest BCUT2D eigenvalue weighted by atomic mass is 15.3. The molecule has 0 heterocycles. The van der Waals surface area contributed by atoms with Crippen LogP contribution in [-0.4, -0.2) is 37.2 Å². The average Bonchev–Trinajstić information content (AvgIpc) is 2.05. The minimum absolute atomic E-state index is 0.401. The Morgan fingerprint density at radius 2 is 1.85 bits per heavy atom. The zero-order chi connectivity index (χ0) is 9.90. The van der Waals surface area contributed by atoms with Crippen LogP contribution in [0.4, 0.5) is 0 Å². The van der Waals surface area contributed by atoms with Crippen molar-refractivity contribution in [3.63, 3.8) is 0 Å². The van der Waals surface area contributed by atoms with Gasteiger partial charge in [-0.2, -0.15) is 5.26 Å². The molecule has 0 aliphatic heterocycles. The van der Waals surface area contributed by atoms with Gasteiger partial charge in [0.1, 0.15) is 6.07 Å². The Morgan fingerprint density at radius 3 is 2.31 bits per heavy atom. The summed E-state index contributed by atoms with van der Waals surface area (Å²) in [5, 5.41) is 8.69. The van der Waals surface area contributed by atoms with E-state index in [2.05, 4.69) is 20.2 Å². The highest BCUT2D eigenvalue weighted by Crippen LogP contribution is 2.24. The van der Waals surface area contributed by atoms with Crippen molar-refractivity contribution in [2.24, 2.45) is 5.73 Å². The summed E-state index contributed by atoms with van der Waals surface area (Å²) in [7, 11) is 4.29. The minimum atomic E-state index is 0.401. The van der Waals surface area contributed by atoms with Crippen molar-refractivity contribution in [2.75, 3.05) is 20.6 Å². The van der Waals surface area contributed by atoms with Gasteiger partial charge in [0.15, 0.2) is 6.54 Å². The van der Waals surface area contributed by atoms with Crippen LogP contribution in [0.15, 0.2) is 0 Å². The quantitative estimate of drug-likeness (QED) is 0.508. The largest absolute Gasteiger partial charge is 0.328 e. The van der Waals surface area contributed by atoms with Gasteiger partial charge in [-0.05, 0) is 12.8 Å². The molecule has 1 aliphatic rings. The van der Waals surface area contributed by atoms with E-state index in [1.165, 1.54) is 12.8 Å². The second-order valence-electron chi connectivity index (χ2n) is 4.66. The highest BCUT2D eigenvalue weighted by molar-refractivity contribution is 4.77. The van der Waals surface area contributed by atoms with Gasteiger partial charge in [-0.3, -0.25) is 0 Å². The van der Waals surface area contributed by atoms with E-state index in [9.17, 15) is 0 Å². The van der Waals surface area contributed by atoms with Gasteiger partial charge in [0.2, 0.25) is 0 Å². The Labute approximate surface area is 80.7 Å². The molecule has 3 nitrogen and oxygen atoms in total. The summed E-state index contributed by atoms with van der Waals surface area (Å²) in [6.45, 7) is 0.611. The normalized spacial score (nSPS) is 29.7. The third kappa shape index (κ3) is 2.68. The molecule has 74 valence electrons. The van der Waals surface area contributed by atoms with E-state index in [0.717, 1.165) is 17.3 Å². The Hall–Kier alpha value is -0.590. The van der Waals surface area contributed by atoms with Crippen LogP contribution < -0.4 is 5.73 Å². The number of nitrogens with zero attached hydrogens (tertiary/aromatic N) is 2. The fraction of sp³-hybridized carbons (Fsp3) is 0.900. The lowest BCUT2D eigenvalue weighted by atomic mass is 9.90. The number of rotatable bonds is 2.